The first-order chi connectivity index (χ1) is 11.5. The number of hydrogen-bond acceptors (Lipinski definition) is 3. The smallest absolute Gasteiger partial charge is 0.236 e. The summed E-state index contributed by atoms with van der Waals surface area (Å²) in [6.07, 6.45) is 3.75. The van der Waals surface area contributed by atoms with Crippen LogP contribution in [0.15, 0.2) is 47.6 Å². The summed E-state index contributed by atoms with van der Waals surface area (Å²) in [6, 6.07) is 12.1. The molecule has 126 valence electrons. The lowest BCUT2D eigenvalue weighted by atomic mass is 10.1. The third-order valence-electron chi connectivity index (χ3n) is 4.15. The van der Waals surface area contributed by atoms with Gasteiger partial charge in [0.25, 0.3) is 0 Å². The van der Waals surface area contributed by atoms with Gasteiger partial charge in [0.1, 0.15) is 10.8 Å². The lowest BCUT2D eigenvalue weighted by Crippen LogP contribution is -2.36. The minimum atomic E-state index is -1.40. The predicted molar refractivity (Wildman–Crippen MR) is 95.0 cm³/mol. The van der Waals surface area contributed by atoms with Crippen LogP contribution in [0.5, 0.6) is 0 Å². The van der Waals surface area contributed by atoms with Gasteiger partial charge in [-0.1, -0.05) is 35.9 Å². The molecule has 2 aromatic rings. The van der Waals surface area contributed by atoms with E-state index in [4.69, 9.17) is 0 Å². The van der Waals surface area contributed by atoms with E-state index in [0.29, 0.717) is 17.6 Å². The van der Waals surface area contributed by atoms with Gasteiger partial charge in [-0.05, 0) is 43.9 Å². The lowest BCUT2D eigenvalue weighted by Gasteiger charge is -2.22. The van der Waals surface area contributed by atoms with Crippen molar-refractivity contribution in [3.63, 3.8) is 0 Å². The zero-order valence-electron chi connectivity index (χ0n) is 14.1. The fraction of sp³-hybridized carbons (Fsp3) is 0.368. The number of benzene rings is 1. The van der Waals surface area contributed by atoms with E-state index in [-0.39, 0.29) is 11.7 Å². The van der Waals surface area contributed by atoms with Crippen LogP contribution in [0.1, 0.15) is 29.5 Å². The topological polar surface area (TPSA) is 50.3 Å². The predicted octanol–water partition coefficient (Wildman–Crippen LogP) is 3.00. The van der Waals surface area contributed by atoms with E-state index in [1.165, 1.54) is 5.56 Å². The molecule has 24 heavy (non-hydrogen) atoms. The zero-order chi connectivity index (χ0) is 17.1. The van der Waals surface area contributed by atoms with Crippen molar-refractivity contribution in [2.75, 3.05) is 5.75 Å². The number of rotatable bonds is 6. The third-order valence-corrected chi connectivity index (χ3v) is 5.37. The summed E-state index contributed by atoms with van der Waals surface area (Å²) in [4.78, 5) is 18.7. The minimum Gasteiger partial charge on any atom is -0.335 e. The van der Waals surface area contributed by atoms with E-state index in [0.717, 1.165) is 24.0 Å². The van der Waals surface area contributed by atoms with Gasteiger partial charge in [-0.15, -0.1) is 0 Å². The van der Waals surface area contributed by atoms with Crippen molar-refractivity contribution >= 4 is 16.7 Å². The molecule has 0 saturated heterocycles. The Morgan fingerprint density at radius 2 is 1.79 bits per heavy atom. The molecule has 0 spiro atoms. The second kappa shape index (κ2) is 7.26. The summed E-state index contributed by atoms with van der Waals surface area (Å²) in [5, 5.41) is 0.472. The Labute approximate surface area is 145 Å². The summed E-state index contributed by atoms with van der Waals surface area (Å²) in [6.45, 7) is 4.56. The van der Waals surface area contributed by atoms with Gasteiger partial charge in [-0.2, -0.15) is 0 Å². The molecular formula is C19H22N2O2S. The standard InChI is InChI=1S/C19H22N2O2S/c1-14-3-6-16(7-4-14)12-21(17-8-9-17)19(22)13-24(23)18-10-5-15(2)11-20-18/h3-7,10-11,17H,8-9,12-13H2,1-2H3. The van der Waals surface area contributed by atoms with Gasteiger partial charge in [0.15, 0.2) is 0 Å². The van der Waals surface area contributed by atoms with Gasteiger partial charge in [0.2, 0.25) is 5.91 Å². The highest BCUT2D eigenvalue weighted by Crippen LogP contribution is 2.28. The maximum Gasteiger partial charge on any atom is 0.236 e. The Bertz CT molecular complexity index is 737. The van der Waals surface area contributed by atoms with Crippen LogP contribution < -0.4 is 0 Å². The molecule has 1 unspecified atom stereocenters. The summed E-state index contributed by atoms with van der Waals surface area (Å²) >= 11 is 0. The van der Waals surface area contributed by atoms with Crippen molar-refractivity contribution in [2.45, 2.75) is 44.3 Å². The zero-order valence-corrected chi connectivity index (χ0v) is 14.9. The fourth-order valence-electron chi connectivity index (χ4n) is 2.56. The second-order valence-electron chi connectivity index (χ2n) is 6.40. The van der Waals surface area contributed by atoms with Crippen molar-refractivity contribution in [1.82, 2.24) is 9.88 Å². The average Bonchev–Trinajstić information content (AvgIpc) is 3.39. The van der Waals surface area contributed by atoms with E-state index in [2.05, 4.69) is 29.2 Å². The number of amides is 1. The highest BCUT2D eigenvalue weighted by Gasteiger charge is 2.33. The molecule has 1 aromatic heterocycles. The van der Waals surface area contributed by atoms with Crippen LogP contribution in [0.3, 0.4) is 0 Å². The number of hydrogen-bond donors (Lipinski definition) is 0. The number of carbonyl (C=O) groups excluding carboxylic acids is 1. The van der Waals surface area contributed by atoms with Gasteiger partial charge >= 0.3 is 0 Å². The number of carbonyl (C=O) groups is 1. The largest absolute Gasteiger partial charge is 0.335 e. The van der Waals surface area contributed by atoms with Crippen LogP contribution in [0, 0.1) is 13.8 Å². The highest BCUT2D eigenvalue weighted by atomic mass is 32.2. The molecule has 3 rings (SSSR count). The highest BCUT2D eigenvalue weighted by molar-refractivity contribution is 7.85. The maximum atomic E-state index is 12.7. The van der Waals surface area contributed by atoms with E-state index in [1.54, 1.807) is 12.3 Å². The molecule has 1 fully saturated rings. The molecule has 1 atom stereocenters. The van der Waals surface area contributed by atoms with Crippen molar-refractivity contribution < 1.29 is 9.00 Å². The second-order valence-corrected chi connectivity index (χ2v) is 7.80. The fourth-order valence-corrected chi connectivity index (χ4v) is 3.48. The molecule has 0 aliphatic heterocycles. The number of nitrogens with zero attached hydrogens (tertiary/aromatic N) is 2. The van der Waals surface area contributed by atoms with Crippen LogP contribution in [0.25, 0.3) is 0 Å². The quantitative estimate of drug-likeness (QED) is 0.811. The summed E-state index contributed by atoms with van der Waals surface area (Å²) in [7, 11) is -1.40. The number of aryl methyl sites for hydroxylation is 2. The Balaban J connectivity index is 1.67. The van der Waals surface area contributed by atoms with Crippen LogP contribution in [0.2, 0.25) is 0 Å². The molecule has 1 amide bonds. The SMILES string of the molecule is Cc1ccc(CN(C(=O)CS(=O)c2ccc(C)cn2)C2CC2)cc1. The average molecular weight is 342 g/mol. The number of pyridine rings is 1. The third kappa shape index (κ3) is 4.29. The molecule has 0 bridgehead atoms. The normalized spacial score (nSPS) is 15.1. The molecule has 4 nitrogen and oxygen atoms in total. The van der Waals surface area contributed by atoms with Gasteiger partial charge in [-0.3, -0.25) is 9.00 Å². The van der Waals surface area contributed by atoms with Crippen molar-refractivity contribution in [2.24, 2.45) is 0 Å². The first-order valence-electron chi connectivity index (χ1n) is 8.19. The van der Waals surface area contributed by atoms with Crippen LogP contribution in [-0.2, 0) is 22.1 Å². The van der Waals surface area contributed by atoms with Crippen molar-refractivity contribution in [3.05, 3.63) is 59.3 Å². The first kappa shape index (κ1) is 16.8. The van der Waals surface area contributed by atoms with Crippen LogP contribution in [-0.4, -0.2) is 31.8 Å². The summed E-state index contributed by atoms with van der Waals surface area (Å²) in [5.74, 6) is -0.0582. The molecule has 0 radical (unpaired) electrons. The molecule has 1 aromatic carbocycles. The summed E-state index contributed by atoms with van der Waals surface area (Å²) in [5.41, 5.74) is 3.33. The Morgan fingerprint density at radius 1 is 1.12 bits per heavy atom. The molecule has 1 aliphatic rings. The minimum absolute atomic E-state index is 0.00157. The van der Waals surface area contributed by atoms with Gasteiger partial charge in [0.05, 0.1) is 10.8 Å². The molecule has 0 N–H and O–H groups in total. The van der Waals surface area contributed by atoms with E-state index < -0.39 is 10.8 Å². The van der Waals surface area contributed by atoms with Gasteiger partial charge in [-0.25, -0.2) is 4.98 Å². The molecule has 1 saturated carbocycles. The lowest BCUT2D eigenvalue weighted by molar-refractivity contribution is -0.129. The van der Waals surface area contributed by atoms with E-state index in [1.807, 2.05) is 24.8 Å². The van der Waals surface area contributed by atoms with Crippen LogP contribution >= 0.6 is 0 Å². The van der Waals surface area contributed by atoms with Gasteiger partial charge < -0.3 is 4.90 Å². The van der Waals surface area contributed by atoms with Crippen molar-refractivity contribution in [1.29, 1.82) is 0 Å². The Hall–Kier alpha value is -2.01. The van der Waals surface area contributed by atoms with Crippen molar-refractivity contribution in [3.8, 4) is 0 Å². The van der Waals surface area contributed by atoms with E-state index >= 15 is 0 Å². The van der Waals surface area contributed by atoms with Crippen LogP contribution in [0.4, 0.5) is 0 Å². The molecule has 1 heterocycles. The monoisotopic (exact) mass is 342 g/mol. The first-order valence-corrected chi connectivity index (χ1v) is 9.51. The van der Waals surface area contributed by atoms with E-state index in [9.17, 15) is 9.00 Å². The number of aromatic nitrogens is 1. The molecule has 1 aliphatic carbocycles. The maximum absolute atomic E-state index is 12.7. The molecule has 5 heteroatoms. The molecular weight excluding hydrogens is 320 g/mol. The van der Waals surface area contributed by atoms with Gasteiger partial charge in [0, 0.05) is 18.8 Å². The Kier molecular flexibility index (Phi) is 5.09. The summed E-state index contributed by atoms with van der Waals surface area (Å²) < 4.78 is 12.4. The Morgan fingerprint density at radius 3 is 2.38 bits per heavy atom.